The zero-order valence-corrected chi connectivity index (χ0v) is 11.8. The monoisotopic (exact) mass is 299 g/mol. The molecule has 0 saturated heterocycles. The standard InChI is InChI=1S/C14H16F3N3O/c1-8(2)18-5-3-4-12-19-20-14(21-12)9-6-10(15)13(17)11(16)7-9/h6-8,18H,3-5H2,1-2H3. The topological polar surface area (TPSA) is 51.0 Å². The van der Waals surface area contributed by atoms with Crippen molar-refractivity contribution in [2.75, 3.05) is 6.54 Å². The van der Waals surface area contributed by atoms with Gasteiger partial charge in [-0.3, -0.25) is 0 Å². The van der Waals surface area contributed by atoms with Gasteiger partial charge in [0.05, 0.1) is 0 Å². The summed E-state index contributed by atoms with van der Waals surface area (Å²) < 4.78 is 44.5. The molecule has 21 heavy (non-hydrogen) atoms. The number of halogens is 3. The molecule has 0 atom stereocenters. The minimum absolute atomic E-state index is 0.0189. The third kappa shape index (κ3) is 4.04. The largest absolute Gasteiger partial charge is 0.421 e. The van der Waals surface area contributed by atoms with Crippen LogP contribution in [0.3, 0.4) is 0 Å². The van der Waals surface area contributed by atoms with Gasteiger partial charge in [0.15, 0.2) is 17.5 Å². The number of nitrogens with zero attached hydrogens (tertiary/aromatic N) is 2. The lowest BCUT2D eigenvalue weighted by Gasteiger charge is -2.05. The lowest BCUT2D eigenvalue weighted by atomic mass is 10.2. The molecule has 0 saturated carbocycles. The van der Waals surface area contributed by atoms with Crippen molar-refractivity contribution >= 4 is 0 Å². The first-order chi connectivity index (χ1) is 9.97. The first-order valence-corrected chi connectivity index (χ1v) is 6.68. The molecule has 1 N–H and O–H groups in total. The number of nitrogens with one attached hydrogen (secondary N) is 1. The highest BCUT2D eigenvalue weighted by Gasteiger charge is 2.15. The summed E-state index contributed by atoms with van der Waals surface area (Å²) in [5.41, 5.74) is 0.0189. The van der Waals surface area contributed by atoms with Crippen molar-refractivity contribution in [1.82, 2.24) is 15.5 Å². The number of rotatable bonds is 6. The summed E-state index contributed by atoms with van der Waals surface area (Å²) in [6, 6.07) is 2.06. The number of aryl methyl sites for hydroxylation is 1. The molecule has 1 aromatic carbocycles. The molecule has 0 fully saturated rings. The highest BCUT2D eigenvalue weighted by atomic mass is 19.2. The summed E-state index contributed by atoms with van der Waals surface area (Å²) >= 11 is 0. The Hall–Kier alpha value is -1.89. The molecule has 0 aliphatic heterocycles. The van der Waals surface area contributed by atoms with Crippen molar-refractivity contribution in [3.05, 3.63) is 35.5 Å². The smallest absolute Gasteiger partial charge is 0.247 e. The molecular formula is C14H16F3N3O. The number of hydrogen-bond acceptors (Lipinski definition) is 4. The van der Waals surface area contributed by atoms with Crippen molar-refractivity contribution in [3.8, 4) is 11.5 Å². The highest BCUT2D eigenvalue weighted by Crippen LogP contribution is 2.22. The lowest BCUT2D eigenvalue weighted by molar-refractivity contribution is 0.445. The van der Waals surface area contributed by atoms with Gasteiger partial charge >= 0.3 is 0 Å². The van der Waals surface area contributed by atoms with E-state index in [0.29, 0.717) is 18.4 Å². The molecule has 2 aromatic rings. The maximum atomic E-state index is 13.1. The maximum absolute atomic E-state index is 13.1. The summed E-state index contributed by atoms with van der Waals surface area (Å²) in [5.74, 6) is -3.74. The van der Waals surface area contributed by atoms with E-state index >= 15 is 0 Å². The minimum atomic E-state index is -1.52. The minimum Gasteiger partial charge on any atom is -0.421 e. The molecule has 0 radical (unpaired) electrons. The lowest BCUT2D eigenvalue weighted by Crippen LogP contribution is -2.23. The first-order valence-electron chi connectivity index (χ1n) is 6.68. The second-order valence-corrected chi connectivity index (χ2v) is 4.97. The Bertz CT molecular complexity index is 590. The SMILES string of the molecule is CC(C)NCCCc1nnc(-c2cc(F)c(F)c(F)c2)o1. The second-order valence-electron chi connectivity index (χ2n) is 4.97. The summed E-state index contributed by atoms with van der Waals surface area (Å²) in [5, 5.41) is 10.8. The van der Waals surface area contributed by atoms with Crippen molar-refractivity contribution in [3.63, 3.8) is 0 Å². The molecule has 1 heterocycles. The van der Waals surface area contributed by atoms with Crippen LogP contribution in [0.5, 0.6) is 0 Å². The summed E-state index contributed by atoms with van der Waals surface area (Å²) in [4.78, 5) is 0. The average molecular weight is 299 g/mol. The van der Waals surface area contributed by atoms with Gasteiger partial charge in [-0.1, -0.05) is 13.8 Å². The van der Waals surface area contributed by atoms with E-state index in [0.717, 1.165) is 25.1 Å². The molecule has 2 rings (SSSR count). The number of benzene rings is 1. The third-order valence-electron chi connectivity index (χ3n) is 2.82. The Morgan fingerprint density at radius 3 is 2.43 bits per heavy atom. The Kier molecular flexibility index (Phi) is 4.95. The van der Waals surface area contributed by atoms with Crippen molar-refractivity contribution in [2.45, 2.75) is 32.7 Å². The number of hydrogen-bond donors (Lipinski definition) is 1. The molecule has 1 aromatic heterocycles. The Morgan fingerprint density at radius 2 is 1.81 bits per heavy atom. The maximum Gasteiger partial charge on any atom is 0.247 e. The molecule has 0 spiro atoms. The van der Waals surface area contributed by atoms with Gasteiger partial charge in [-0.05, 0) is 25.1 Å². The van der Waals surface area contributed by atoms with Gasteiger partial charge in [0.2, 0.25) is 11.8 Å². The van der Waals surface area contributed by atoms with Crippen LogP contribution in [0.25, 0.3) is 11.5 Å². The Labute approximate surface area is 120 Å². The van der Waals surface area contributed by atoms with Crippen LogP contribution >= 0.6 is 0 Å². The zero-order chi connectivity index (χ0) is 15.4. The van der Waals surface area contributed by atoms with Gasteiger partial charge in [-0.25, -0.2) is 13.2 Å². The molecular weight excluding hydrogens is 283 g/mol. The quantitative estimate of drug-likeness (QED) is 0.658. The summed E-state index contributed by atoms with van der Waals surface area (Å²) in [7, 11) is 0. The van der Waals surface area contributed by atoms with Crippen molar-refractivity contribution in [1.29, 1.82) is 0 Å². The van der Waals surface area contributed by atoms with E-state index in [2.05, 4.69) is 15.5 Å². The third-order valence-corrected chi connectivity index (χ3v) is 2.82. The van der Waals surface area contributed by atoms with E-state index in [1.54, 1.807) is 0 Å². The summed E-state index contributed by atoms with van der Waals surface area (Å²) in [6.45, 7) is 4.89. The van der Waals surface area contributed by atoms with Gasteiger partial charge < -0.3 is 9.73 Å². The zero-order valence-electron chi connectivity index (χ0n) is 11.8. The molecule has 0 unspecified atom stereocenters. The Balaban J connectivity index is 2.03. The van der Waals surface area contributed by atoms with Crippen LogP contribution in [0.15, 0.2) is 16.5 Å². The van der Waals surface area contributed by atoms with Crippen LogP contribution in [0.2, 0.25) is 0 Å². The molecule has 0 bridgehead atoms. The van der Waals surface area contributed by atoms with Crippen LogP contribution < -0.4 is 5.32 Å². The number of aromatic nitrogens is 2. The van der Waals surface area contributed by atoms with Crippen molar-refractivity contribution < 1.29 is 17.6 Å². The van der Waals surface area contributed by atoms with Gasteiger partial charge in [0, 0.05) is 18.0 Å². The van der Waals surface area contributed by atoms with E-state index in [1.807, 2.05) is 13.8 Å². The molecule has 114 valence electrons. The van der Waals surface area contributed by atoms with E-state index < -0.39 is 17.5 Å². The van der Waals surface area contributed by atoms with Crippen LogP contribution in [-0.4, -0.2) is 22.8 Å². The van der Waals surface area contributed by atoms with Crippen LogP contribution in [0, 0.1) is 17.5 Å². The fourth-order valence-corrected chi connectivity index (χ4v) is 1.78. The van der Waals surface area contributed by atoms with E-state index in [4.69, 9.17) is 4.42 Å². The normalized spacial score (nSPS) is 11.3. The van der Waals surface area contributed by atoms with Crippen molar-refractivity contribution in [2.24, 2.45) is 0 Å². The van der Waals surface area contributed by atoms with E-state index in [1.165, 1.54) is 0 Å². The average Bonchev–Trinajstić information content (AvgIpc) is 2.89. The Morgan fingerprint density at radius 1 is 1.14 bits per heavy atom. The molecule has 0 aliphatic carbocycles. The van der Waals surface area contributed by atoms with Gasteiger partial charge in [0.25, 0.3) is 0 Å². The molecule has 0 amide bonds. The summed E-state index contributed by atoms with van der Waals surface area (Å²) in [6.07, 6.45) is 1.35. The van der Waals surface area contributed by atoms with Gasteiger partial charge in [-0.2, -0.15) is 0 Å². The highest BCUT2D eigenvalue weighted by molar-refractivity contribution is 5.52. The van der Waals surface area contributed by atoms with E-state index in [9.17, 15) is 13.2 Å². The first kappa shape index (κ1) is 15.5. The fraction of sp³-hybridized carbons (Fsp3) is 0.429. The van der Waals surface area contributed by atoms with Gasteiger partial charge in [0.1, 0.15) is 0 Å². The molecule has 4 nitrogen and oxygen atoms in total. The fourth-order valence-electron chi connectivity index (χ4n) is 1.78. The van der Waals surface area contributed by atoms with E-state index in [-0.39, 0.29) is 11.5 Å². The van der Waals surface area contributed by atoms with Crippen LogP contribution in [-0.2, 0) is 6.42 Å². The predicted molar refractivity (Wildman–Crippen MR) is 71.1 cm³/mol. The van der Waals surface area contributed by atoms with Gasteiger partial charge in [-0.15, -0.1) is 10.2 Å². The van der Waals surface area contributed by atoms with Crippen LogP contribution in [0.1, 0.15) is 26.2 Å². The molecule has 7 heteroatoms. The molecule has 0 aliphatic rings. The van der Waals surface area contributed by atoms with Crippen LogP contribution in [0.4, 0.5) is 13.2 Å². The second kappa shape index (κ2) is 6.71. The predicted octanol–water partition coefficient (Wildman–Crippen LogP) is 3.08.